The summed E-state index contributed by atoms with van der Waals surface area (Å²) in [5, 5.41) is 12.0. The van der Waals surface area contributed by atoms with Gasteiger partial charge in [0.1, 0.15) is 6.07 Å². The van der Waals surface area contributed by atoms with Crippen molar-refractivity contribution in [2.45, 2.75) is 6.04 Å². The van der Waals surface area contributed by atoms with Crippen molar-refractivity contribution in [1.29, 1.82) is 5.26 Å². The molecule has 0 unspecified atom stereocenters. The van der Waals surface area contributed by atoms with Crippen molar-refractivity contribution in [3.63, 3.8) is 0 Å². The lowest BCUT2D eigenvalue weighted by Gasteiger charge is -2.18. The number of nitrogens with one attached hydrogen (secondary N) is 1. The number of ether oxygens (including phenoxy) is 1. The van der Waals surface area contributed by atoms with Crippen LogP contribution in [0.1, 0.15) is 17.2 Å². The van der Waals surface area contributed by atoms with E-state index in [4.69, 9.17) is 10.00 Å². The van der Waals surface area contributed by atoms with E-state index in [0.717, 1.165) is 11.3 Å². The number of benzene rings is 2. The number of carbonyl (C=O) groups excluding carboxylic acids is 1. The Hall–Kier alpha value is -2.32. The number of carbonyl (C=O) groups is 1. The zero-order valence-corrected chi connectivity index (χ0v) is 12.9. The van der Waals surface area contributed by atoms with E-state index in [9.17, 15) is 4.79 Å². The van der Waals surface area contributed by atoms with Crippen molar-refractivity contribution in [1.82, 2.24) is 0 Å². The number of halogens is 1. The number of methoxy groups -OCH3 is 1. The van der Waals surface area contributed by atoms with Gasteiger partial charge < -0.3 is 10.1 Å². The minimum absolute atomic E-state index is 0.373. The normalized spacial score (nSPS) is 11.3. The van der Waals surface area contributed by atoms with Gasteiger partial charge in [0.15, 0.2) is 6.04 Å². The van der Waals surface area contributed by atoms with Gasteiger partial charge in [-0.2, -0.15) is 5.26 Å². The van der Waals surface area contributed by atoms with Crippen LogP contribution in [0.2, 0.25) is 0 Å². The highest BCUT2D eigenvalue weighted by molar-refractivity contribution is 9.10. The van der Waals surface area contributed by atoms with Gasteiger partial charge in [-0.25, -0.2) is 4.79 Å². The largest absolute Gasteiger partial charge is 0.467 e. The Kier molecular flexibility index (Phi) is 4.96. The predicted molar refractivity (Wildman–Crippen MR) is 83.7 cm³/mol. The number of rotatable bonds is 4. The first-order chi connectivity index (χ1) is 10.2. The van der Waals surface area contributed by atoms with Gasteiger partial charge in [-0.15, -0.1) is 0 Å². The Balaban J connectivity index is 2.30. The molecule has 4 nitrogen and oxygen atoms in total. The molecule has 0 amide bonds. The molecule has 21 heavy (non-hydrogen) atoms. The van der Waals surface area contributed by atoms with Crippen LogP contribution in [-0.4, -0.2) is 13.1 Å². The molecule has 2 aromatic rings. The van der Waals surface area contributed by atoms with Crippen LogP contribution >= 0.6 is 15.9 Å². The molecule has 0 aliphatic heterocycles. The maximum absolute atomic E-state index is 12.0. The molecule has 106 valence electrons. The number of hydrogen-bond donors (Lipinski definition) is 1. The lowest BCUT2D eigenvalue weighted by molar-refractivity contribution is -0.141. The van der Waals surface area contributed by atoms with Crippen molar-refractivity contribution in [3.05, 3.63) is 64.1 Å². The minimum Gasteiger partial charge on any atom is -0.467 e. The van der Waals surface area contributed by atoms with Crippen LogP contribution < -0.4 is 5.32 Å². The van der Waals surface area contributed by atoms with Gasteiger partial charge in [-0.1, -0.05) is 30.3 Å². The highest BCUT2D eigenvalue weighted by Gasteiger charge is 2.21. The first-order valence-electron chi connectivity index (χ1n) is 6.24. The molecule has 0 aliphatic rings. The van der Waals surface area contributed by atoms with Crippen LogP contribution in [0.25, 0.3) is 0 Å². The molecule has 0 heterocycles. The van der Waals surface area contributed by atoms with Crippen LogP contribution in [0.5, 0.6) is 0 Å². The quantitative estimate of drug-likeness (QED) is 0.860. The number of esters is 1. The molecular formula is C16H13BrN2O2. The lowest BCUT2D eigenvalue weighted by atomic mass is 10.1. The summed E-state index contributed by atoms with van der Waals surface area (Å²) in [6.07, 6.45) is 0. The second-order valence-electron chi connectivity index (χ2n) is 4.32. The summed E-state index contributed by atoms with van der Waals surface area (Å²) in [5.74, 6) is -0.373. The van der Waals surface area contributed by atoms with E-state index >= 15 is 0 Å². The lowest BCUT2D eigenvalue weighted by Crippen LogP contribution is -2.22. The van der Waals surface area contributed by atoms with E-state index < -0.39 is 6.04 Å². The fourth-order valence-corrected chi connectivity index (χ4v) is 2.37. The third-order valence-electron chi connectivity index (χ3n) is 2.97. The zero-order valence-electron chi connectivity index (χ0n) is 11.3. The van der Waals surface area contributed by atoms with Crippen molar-refractivity contribution in [3.8, 4) is 6.07 Å². The third kappa shape index (κ3) is 3.61. The SMILES string of the molecule is COC(=O)[C@H](Nc1ccc(C#N)c(Br)c1)c1ccccc1. The van der Waals surface area contributed by atoms with Crippen molar-refractivity contribution in [2.24, 2.45) is 0 Å². The first-order valence-corrected chi connectivity index (χ1v) is 7.04. The van der Waals surface area contributed by atoms with Crippen LogP contribution in [0, 0.1) is 11.3 Å². The summed E-state index contributed by atoms with van der Waals surface area (Å²) in [4.78, 5) is 12.0. The maximum Gasteiger partial charge on any atom is 0.332 e. The highest BCUT2D eigenvalue weighted by Crippen LogP contribution is 2.25. The Morgan fingerprint density at radius 1 is 1.29 bits per heavy atom. The third-order valence-corrected chi connectivity index (χ3v) is 3.63. The molecule has 0 saturated heterocycles. The Labute approximate surface area is 131 Å². The molecule has 0 bridgehead atoms. The highest BCUT2D eigenvalue weighted by atomic mass is 79.9. The average Bonchev–Trinajstić information content (AvgIpc) is 2.53. The molecule has 2 aromatic carbocycles. The summed E-state index contributed by atoms with van der Waals surface area (Å²) in [5.41, 5.74) is 2.07. The van der Waals surface area contributed by atoms with Crippen molar-refractivity contribution < 1.29 is 9.53 Å². The van der Waals surface area contributed by atoms with Gasteiger partial charge in [0.05, 0.1) is 12.7 Å². The molecule has 1 N–H and O–H groups in total. The molecule has 0 aliphatic carbocycles. The molecule has 0 spiro atoms. The molecule has 0 radical (unpaired) electrons. The number of nitrogens with zero attached hydrogens (tertiary/aromatic N) is 1. The van der Waals surface area contributed by atoms with Gasteiger partial charge in [0.25, 0.3) is 0 Å². The smallest absolute Gasteiger partial charge is 0.332 e. The number of hydrogen-bond acceptors (Lipinski definition) is 4. The van der Waals surface area contributed by atoms with Crippen molar-refractivity contribution >= 4 is 27.6 Å². The minimum atomic E-state index is -0.601. The molecule has 1 atom stereocenters. The molecule has 0 saturated carbocycles. The topological polar surface area (TPSA) is 62.1 Å². The van der Waals surface area contributed by atoms with E-state index in [1.54, 1.807) is 18.2 Å². The van der Waals surface area contributed by atoms with Gasteiger partial charge in [-0.3, -0.25) is 0 Å². The fraction of sp³-hybridized carbons (Fsp3) is 0.125. The van der Waals surface area contributed by atoms with E-state index in [1.807, 2.05) is 30.3 Å². The van der Waals surface area contributed by atoms with Crippen LogP contribution in [0.3, 0.4) is 0 Å². The predicted octanol–water partition coefficient (Wildman–Crippen LogP) is 3.65. The van der Waals surface area contributed by atoms with Gasteiger partial charge in [-0.05, 0) is 39.7 Å². The average molecular weight is 345 g/mol. The molecule has 0 fully saturated rings. The second kappa shape index (κ2) is 6.91. The van der Waals surface area contributed by atoms with Crippen LogP contribution in [0.15, 0.2) is 53.0 Å². The zero-order chi connectivity index (χ0) is 15.2. The van der Waals surface area contributed by atoms with E-state index in [0.29, 0.717) is 10.0 Å². The Morgan fingerprint density at radius 3 is 2.57 bits per heavy atom. The monoisotopic (exact) mass is 344 g/mol. The van der Waals surface area contributed by atoms with E-state index in [1.165, 1.54) is 7.11 Å². The summed E-state index contributed by atoms with van der Waals surface area (Å²) >= 11 is 3.33. The van der Waals surface area contributed by atoms with Crippen LogP contribution in [0.4, 0.5) is 5.69 Å². The van der Waals surface area contributed by atoms with E-state index in [2.05, 4.69) is 27.3 Å². The maximum atomic E-state index is 12.0. The standard InChI is InChI=1S/C16H13BrN2O2/c1-21-16(20)15(11-5-3-2-4-6-11)19-13-8-7-12(10-18)14(17)9-13/h2-9,15,19H,1H3/t15-/m1/s1. The Morgan fingerprint density at radius 2 is 2.00 bits per heavy atom. The molecule has 5 heteroatoms. The van der Waals surface area contributed by atoms with E-state index in [-0.39, 0.29) is 5.97 Å². The fourth-order valence-electron chi connectivity index (χ4n) is 1.90. The summed E-state index contributed by atoms with van der Waals surface area (Å²) in [6.45, 7) is 0. The van der Waals surface area contributed by atoms with Gasteiger partial charge in [0.2, 0.25) is 0 Å². The van der Waals surface area contributed by atoms with Gasteiger partial charge >= 0.3 is 5.97 Å². The summed E-state index contributed by atoms with van der Waals surface area (Å²) < 4.78 is 5.52. The molecule has 0 aromatic heterocycles. The first kappa shape index (κ1) is 15.1. The van der Waals surface area contributed by atoms with Crippen molar-refractivity contribution in [2.75, 3.05) is 12.4 Å². The number of anilines is 1. The summed E-state index contributed by atoms with van der Waals surface area (Å²) in [6, 6.07) is 16.0. The Bertz CT molecular complexity index is 680. The second-order valence-corrected chi connectivity index (χ2v) is 5.17. The molecule has 2 rings (SSSR count). The summed E-state index contributed by atoms with van der Waals surface area (Å²) in [7, 11) is 1.36. The number of nitriles is 1. The molecular weight excluding hydrogens is 332 g/mol. The van der Waals surface area contributed by atoms with Crippen LogP contribution in [-0.2, 0) is 9.53 Å². The van der Waals surface area contributed by atoms with Gasteiger partial charge in [0, 0.05) is 10.2 Å².